The summed E-state index contributed by atoms with van der Waals surface area (Å²) < 4.78 is 55.3. The SMILES string of the molecule is O=C1Cc2ccccc2O1.O=S1(=O)C=Cc2ccccc21.O=S1C=Cc2ccccc21.c1ccc2[nH]ncc2c1.c1ccc2c(c1)CCO2.c1ccc2c(c1)CCS2.c1ccc2c(c1)COC2.c1ccc2n[nH]nc2c1.c1ccc2occc2c1.c1ccc2sccc2c1. The third-order valence-corrected chi connectivity index (χ3v) is 19.5. The molecular formula is C77H65N5O8S4. The van der Waals surface area contributed by atoms with E-state index in [0.717, 1.165) is 86.5 Å². The van der Waals surface area contributed by atoms with Gasteiger partial charge in [-0.2, -0.15) is 20.5 Å². The van der Waals surface area contributed by atoms with Gasteiger partial charge in [-0.05, 0) is 136 Å². The van der Waals surface area contributed by atoms with Crippen LogP contribution >= 0.6 is 23.1 Å². The highest BCUT2D eigenvalue weighted by molar-refractivity contribution is 7.99. The number of carbonyl (C=O) groups excluding carboxylic acids is 1. The van der Waals surface area contributed by atoms with Crippen molar-refractivity contribution in [3.63, 3.8) is 0 Å². The number of aryl methyl sites for hydroxylation is 1. The van der Waals surface area contributed by atoms with Gasteiger partial charge < -0.3 is 18.6 Å². The Kier molecular flexibility index (Phi) is 23.1. The minimum absolute atomic E-state index is 0.152. The fourth-order valence-corrected chi connectivity index (χ4v) is 14.1. The predicted molar refractivity (Wildman–Crippen MR) is 380 cm³/mol. The molecule has 4 aromatic heterocycles. The third-order valence-electron chi connectivity index (χ3n) is 14.8. The number of benzene rings is 10. The van der Waals surface area contributed by atoms with Crippen molar-refractivity contribution in [1.82, 2.24) is 25.6 Å². The van der Waals surface area contributed by atoms with Crippen molar-refractivity contribution in [2.75, 3.05) is 12.4 Å². The van der Waals surface area contributed by atoms with E-state index in [-0.39, 0.29) is 5.97 Å². The minimum Gasteiger partial charge on any atom is -0.493 e. The van der Waals surface area contributed by atoms with Crippen LogP contribution in [0.3, 0.4) is 0 Å². The number of hydrogen-bond donors (Lipinski definition) is 2. The Morgan fingerprint density at radius 3 is 1.86 bits per heavy atom. The summed E-state index contributed by atoms with van der Waals surface area (Å²) in [4.78, 5) is 13.5. The number of thiophene rings is 1. The molecule has 10 heterocycles. The molecule has 94 heavy (non-hydrogen) atoms. The number of para-hydroxylation sites is 6. The second kappa shape index (κ2) is 33.3. The van der Waals surface area contributed by atoms with E-state index in [2.05, 4.69) is 104 Å². The number of sulfone groups is 1. The molecule has 0 fully saturated rings. The average Bonchev–Trinajstić information content (AvgIpc) is 1.74. The standard InChI is InChI=1S/C8H6O2S.C8H6O2.C8H6OS.2C8H8O.C8H6O.C8H8S.C8H6S.C7H6N2.C6H5N3/c9-11(10)6-5-7-3-1-2-4-8(7)11;9-8-5-6-3-1-2-4-7(6)10-8;9-10-6-5-7-3-1-2-4-8(7)10;1-2-4-8-6-9-5-7(8)3-1;4*1-2-4-8-7(3-1)5-6-9-8;1-2-4-7-6(3-1)5-8-9-7;1-2-4-6-5(3-1)7-9-8-6/h1-6H;1-4H,5H2;1-6H;2*1-4H,5-6H2;1-6H;1-4H,5-6H2;1-6H;1-5H,(H,8,9);1-4H,(H,7,8,9). The van der Waals surface area contributed by atoms with Gasteiger partial charge in [0.2, 0.25) is 0 Å². The van der Waals surface area contributed by atoms with Crippen LogP contribution in [0.4, 0.5) is 0 Å². The van der Waals surface area contributed by atoms with Crippen molar-refractivity contribution in [1.29, 1.82) is 0 Å². The molecule has 0 radical (unpaired) electrons. The first-order valence-corrected chi connectivity index (χ1v) is 34.9. The first-order chi connectivity index (χ1) is 46.2. The molecule has 0 bridgehead atoms. The minimum atomic E-state index is -3.09. The Bertz CT molecular complexity index is 4380. The van der Waals surface area contributed by atoms with Gasteiger partial charge in [-0.3, -0.25) is 9.89 Å². The number of ether oxygens (including phenoxy) is 3. The number of furan rings is 1. The zero-order valence-electron chi connectivity index (χ0n) is 51.0. The second-order valence-electron chi connectivity index (χ2n) is 21.1. The fraction of sp³-hybridized carbons (Fsp3) is 0.0909. The predicted octanol–water partition coefficient (Wildman–Crippen LogP) is 17.9. The molecule has 0 saturated carbocycles. The van der Waals surface area contributed by atoms with E-state index in [1.54, 1.807) is 53.3 Å². The Labute approximate surface area is 556 Å². The number of hydrogen-bond acceptors (Lipinski definition) is 13. The summed E-state index contributed by atoms with van der Waals surface area (Å²) in [5, 5.41) is 25.8. The zero-order valence-corrected chi connectivity index (χ0v) is 54.2. The Morgan fingerprint density at radius 1 is 0.532 bits per heavy atom. The number of H-pyrrole nitrogens is 2. The number of thioether (sulfide) groups is 1. The first-order valence-electron chi connectivity index (χ1n) is 30.2. The maximum atomic E-state index is 11.2. The van der Waals surface area contributed by atoms with Crippen molar-refractivity contribution in [2.45, 2.75) is 47.2 Å². The van der Waals surface area contributed by atoms with E-state index in [1.165, 1.54) is 54.8 Å². The number of nitrogens with one attached hydrogen (secondary N) is 2. The number of carbonyl (C=O) groups is 1. The van der Waals surface area contributed by atoms with Gasteiger partial charge in [0.05, 0.1) is 64.8 Å². The lowest BCUT2D eigenvalue weighted by Gasteiger charge is -1.94. The summed E-state index contributed by atoms with van der Waals surface area (Å²) in [5.41, 5.74) is 12.3. The molecule has 470 valence electrons. The van der Waals surface area contributed by atoms with Crippen LogP contribution in [0, 0.1) is 0 Å². The van der Waals surface area contributed by atoms with Gasteiger partial charge in [-0.15, -0.1) is 23.1 Å². The maximum Gasteiger partial charge on any atom is 0.315 e. The molecule has 6 aliphatic heterocycles. The lowest BCUT2D eigenvalue weighted by Crippen LogP contribution is -1.99. The van der Waals surface area contributed by atoms with Crippen molar-refractivity contribution in [2.24, 2.45) is 0 Å². The first kappa shape index (κ1) is 65.2. The summed E-state index contributed by atoms with van der Waals surface area (Å²) in [7, 11) is -3.96. The molecule has 6 aliphatic rings. The summed E-state index contributed by atoms with van der Waals surface area (Å²) in [6, 6.07) is 83.4. The van der Waals surface area contributed by atoms with E-state index in [1.807, 2.05) is 182 Å². The summed E-state index contributed by atoms with van der Waals surface area (Å²) in [6.45, 7) is 2.46. The van der Waals surface area contributed by atoms with Crippen molar-refractivity contribution < 1.29 is 36.0 Å². The van der Waals surface area contributed by atoms with Crippen LogP contribution in [0.2, 0.25) is 0 Å². The summed E-state index contributed by atoms with van der Waals surface area (Å²) in [6.07, 6.45) is 9.79. The van der Waals surface area contributed by atoms with Crippen LogP contribution in [0.25, 0.3) is 55.1 Å². The van der Waals surface area contributed by atoms with Gasteiger partial charge in [0.15, 0.2) is 9.84 Å². The smallest absolute Gasteiger partial charge is 0.315 e. The fourth-order valence-electron chi connectivity index (χ4n) is 10.0. The van der Waals surface area contributed by atoms with E-state index < -0.39 is 20.6 Å². The van der Waals surface area contributed by atoms with Crippen molar-refractivity contribution >= 4 is 105 Å². The van der Waals surface area contributed by atoms with Crippen LogP contribution < -0.4 is 9.47 Å². The number of fused-ring (bicyclic) bond motifs is 10. The van der Waals surface area contributed by atoms with E-state index in [4.69, 9.17) is 18.6 Å². The second-order valence-corrected chi connectivity index (χ2v) is 26.3. The van der Waals surface area contributed by atoms with Gasteiger partial charge >= 0.3 is 5.97 Å². The molecule has 17 heteroatoms. The Balaban J connectivity index is 0.000000107. The average molecular weight is 1320 g/mol. The quantitative estimate of drug-likeness (QED) is 0.109. The molecule has 0 saturated heterocycles. The van der Waals surface area contributed by atoms with Crippen LogP contribution in [-0.4, -0.2) is 56.6 Å². The van der Waals surface area contributed by atoms with Gasteiger partial charge in [0.1, 0.15) is 28.1 Å². The molecule has 0 spiro atoms. The highest BCUT2D eigenvalue weighted by Crippen LogP contribution is 2.31. The summed E-state index contributed by atoms with van der Waals surface area (Å²) in [5.74, 6) is 2.91. The van der Waals surface area contributed by atoms with Crippen LogP contribution in [-0.2, 0) is 62.6 Å². The molecule has 14 aromatic rings. The van der Waals surface area contributed by atoms with Gasteiger partial charge in [0.25, 0.3) is 0 Å². The van der Waals surface area contributed by atoms with Gasteiger partial charge in [-0.25, -0.2) is 12.6 Å². The van der Waals surface area contributed by atoms with E-state index in [0.29, 0.717) is 17.1 Å². The number of nitrogens with zero attached hydrogens (tertiary/aromatic N) is 3. The number of aromatic nitrogens is 5. The number of esters is 1. The van der Waals surface area contributed by atoms with Crippen LogP contribution in [0.15, 0.2) is 303 Å². The van der Waals surface area contributed by atoms with Crippen LogP contribution in [0.5, 0.6) is 11.5 Å². The molecule has 0 amide bonds. The lowest BCUT2D eigenvalue weighted by atomic mass is 10.1. The Hall–Kier alpha value is -10.3. The zero-order chi connectivity index (χ0) is 64.6. The molecule has 20 rings (SSSR count). The van der Waals surface area contributed by atoms with Gasteiger partial charge in [0, 0.05) is 48.9 Å². The van der Waals surface area contributed by atoms with Crippen molar-refractivity contribution in [3.8, 4) is 11.5 Å². The highest BCUT2D eigenvalue weighted by atomic mass is 32.2. The molecular weight excluding hydrogens is 1250 g/mol. The molecule has 13 nitrogen and oxygen atoms in total. The molecule has 1 unspecified atom stereocenters. The molecule has 1 atom stereocenters. The lowest BCUT2D eigenvalue weighted by molar-refractivity contribution is -0.131. The maximum absolute atomic E-state index is 11.2. The van der Waals surface area contributed by atoms with E-state index in [9.17, 15) is 17.4 Å². The van der Waals surface area contributed by atoms with E-state index >= 15 is 0 Å². The molecule has 2 N–H and O–H groups in total. The largest absolute Gasteiger partial charge is 0.493 e. The number of aromatic amines is 2. The third kappa shape index (κ3) is 18.3. The molecule has 10 aromatic carbocycles. The monoisotopic (exact) mass is 1320 g/mol. The normalized spacial score (nSPS) is 14.2. The van der Waals surface area contributed by atoms with Gasteiger partial charge in [-0.1, -0.05) is 182 Å². The van der Waals surface area contributed by atoms with Crippen LogP contribution in [0.1, 0.15) is 38.9 Å². The topological polar surface area (TPSA) is 179 Å². The number of rotatable bonds is 0. The highest BCUT2D eigenvalue weighted by Gasteiger charge is 2.20. The summed E-state index contributed by atoms with van der Waals surface area (Å²) >= 11 is 3.76. The van der Waals surface area contributed by atoms with Crippen molar-refractivity contribution in [3.05, 3.63) is 322 Å². The Morgan fingerprint density at radius 2 is 1.15 bits per heavy atom. The molecule has 0 aliphatic carbocycles.